The van der Waals surface area contributed by atoms with Crippen LogP contribution in [0.25, 0.3) is 0 Å². The first-order chi connectivity index (χ1) is 5.49. The molecule has 1 heterocycles. The molecule has 1 rings (SSSR count). The maximum Gasteiger partial charge on any atom is 0.163 e. The van der Waals surface area contributed by atoms with Crippen LogP contribution in [-0.2, 0) is 9.84 Å². The van der Waals surface area contributed by atoms with Crippen molar-refractivity contribution >= 4 is 27.2 Å². The molecule has 1 fully saturated rings. The zero-order valence-corrected chi connectivity index (χ0v) is 8.25. The summed E-state index contributed by atoms with van der Waals surface area (Å²) in [4.78, 5) is 0. The van der Waals surface area contributed by atoms with Crippen molar-refractivity contribution in [2.45, 2.75) is 18.9 Å². The van der Waals surface area contributed by atoms with E-state index in [2.05, 4.69) is 17.5 Å². The summed E-state index contributed by atoms with van der Waals surface area (Å²) in [5.41, 5.74) is 5.26. The summed E-state index contributed by atoms with van der Waals surface area (Å²) in [5.74, 6) is 0.487. The van der Waals surface area contributed by atoms with Crippen molar-refractivity contribution in [3.63, 3.8) is 0 Å². The summed E-state index contributed by atoms with van der Waals surface area (Å²) in [7, 11) is -2.78. The summed E-state index contributed by atoms with van der Waals surface area (Å²) < 4.78 is 22.0. The third-order valence-corrected chi connectivity index (χ3v) is 3.73. The Morgan fingerprint density at radius 3 is 2.33 bits per heavy atom. The van der Waals surface area contributed by atoms with Crippen LogP contribution < -0.4 is 11.1 Å². The minimum Gasteiger partial charge on any atom is -0.376 e. The van der Waals surface area contributed by atoms with Crippen LogP contribution in [0.3, 0.4) is 0 Å². The molecule has 0 atom stereocenters. The monoisotopic (exact) mass is 208 g/mol. The molecule has 6 heteroatoms. The van der Waals surface area contributed by atoms with Gasteiger partial charge in [0.1, 0.15) is 9.84 Å². The van der Waals surface area contributed by atoms with Gasteiger partial charge in [-0.1, -0.05) is 0 Å². The molecule has 0 aromatic carbocycles. The van der Waals surface area contributed by atoms with Gasteiger partial charge >= 0.3 is 0 Å². The first kappa shape index (κ1) is 9.73. The van der Waals surface area contributed by atoms with E-state index in [4.69, 9.17) is 5.73 Å². The van der Waals surface area contributed by atoms with Crippen LogP contribution in [0.5, 0.6) is 0 Å². The fourth-order valence-electron chi connectivity index (χ4n) is 1.24. The number of hydrogen-bond acceptors (Lipinski definition) is 3. The van der Waals surface area contributed by atoms with Gasteiger partial charge in [-0.25, -0.2) is 8.42 Å². The van der Waals surface area contributed by atoms with Crippen LogP contribution in [-0.4, -0.2) is 31.1 Å². The zero-order chi connectivity index (χ0) is 9.19. The Bertz CT molecular complexity index is 259. The molecule has 1 saturated heterocycles. The minimum absolute atomic E-state index is 0.144. The number of hydrogen-bond donors (Lipinski definition) is 2. The molecular formula is C6H12N2O2S2. The van der Waals surface area contributed by atoms with Gasteiger partial charge in [0.25, 0.3) is 0 Å². The first-order valence-electron chi connectivity index (χ1n) is 3.76. The van der Waals surface area contributed by atoms with Crippen molar-refractivity contribution in [1.29, 1.82) is 0 Å². The molecule has 0 aliphatic carbocycles. The second-order valence-corrected chi connectivity index (χ2v) is 5.68. The maximum atomic E-state index is 11.0. The summed E-state index contributed by atoms with van der Waals surface area (Å²) in [5, 5.41) is 3.11. The molecule has 0 aromatic heterocycles. The molecule has 70 valence electrons. The van der Waals surface area contributed by atoms with E-state index >= 15 is 0 Å². The van der Waals surface area contributed by atoms with Crippen molar-refractivity contribution in [2.75, 3.05) is 11.5 Å². The molecule has 0 amide bonds. The van der Waals surface area contributed by atoms with Gasteiger partial charge in [0.05, 0.1) is 11.5 Å². The Morgan fingerprint density at radius 1 is 1.42 bits per heavy atom. The first-order valence-corrected chi connectivity index (χ1v) is 5.99. The summed E-state index contributed by atoms with van der Waals surface area (Å²) >= 11 is 4.65. The number of nitrogens with two attached hydrogens (primary N) is 1. The van der Waals surface area contributed by atoms with Crippen molar-refractivity contribution in [3.05, 3.63) is 0 Å². The van der Waals surface area contributed by atoms with Crippen LogP contribution in [0.15, 0.2) is 0 Å². The van der Waals surface area contributed by atoms with Gasteiger partial charge in [0, 0.05) is 6.04 Å². The SMILES string of the molecule is NC(=S)NC1CCS(=O)(=O)CC1. The third kappa shape index (κ3) is 2.94. The fourth-order valence-corrected chi connectivity index (χ4v) is 2.89. The summed E-state index contributed by atoms with van der Waals surface area (Å²) in [6.07, 6.45) is 1.22. The van der Waals surface area contributed by atoms with E-state index in [1.54, 1.807) is 0 Å². The normalized spacial score (nSPS) is 23.3. The van der Waals surface area contributed by atoms with Gasteiger partial charge in [0.15, 0.2) is 5.11 Å². The standard InChI is InChI=1S/C6H12N2O2S2/c7-6(11)8-5-1-3-12(9,10)4-2-5/h5H,1-4H2,(H3,7,8,11). The number of nitrogens with one attached hydrogen (secondary N) is 1. The Hall–Kier alpha value is -0.360. The lowest BCUT2D eigenvalue weighted by Crippen LogP contribution is -2.43. The van der Waals surface area contributed by atoms with E-state index in [0.717, 1.165) is 0 Å². The van der Waals surface area contributed by atoms with Crippen molar-refractivity contribution in [1.82, 2.24) is 5.32 Å². The largest absolute Gasteiger partial charge is 0.376 e. The van der Waals surface area contributed by atoms with E-state index < -0.39 is 9.84 Å². The predicted molar refractivity (Wildman–Crippen MR) is 51.6 cm³/mol. The Labute approximate surface area is 77.4 Å². The second-order valence-electron chi connectivity index (χ2n) is 2.93. The van der Waals surface area contributed by atoms with Crippen LogP contribution in [0.4, 0.5) is 0 Å². The van der Waals surface area contributed by atoms with Gasteiger partial charge in [0.2, 0.25) is 0 Å². The molecule has 3 N–H and O–H groups in total. The highest BCUT2D eigenvalue weighted by atomic mass is 32.2. The van der Waals surface area contributed by atoms with E-state index in [-0.39, 0.29) is 22.7 Å². The molecule has 1 aliphatic heterocycles. The molecule has 0 radical (unpaired) electrons. The highest BCUT2D eigenvalue weighted by Crippen LogP contribution is 2.11. The number of rotatable bonds is 1. The molecule has 0 unspecified atom stereocenters. The molecule has 1 aliphatic rings. The Balaban J connectivity index is 2.41. The van der Waals surface area contributed by atoms with Crippen LogP contribution in [0.1, 0.15) is 12.8 Å². The van der Waals surface area contributed by atoms with E-state index in [0.29, 0.717) is 12.8 Å². The molecule has 4 nitrogen and oxygen atoms in total. The van der Waals surface area contributed by atoms with Crippen LogP contribution in [0, 0.1) is 0 Å². The average Bonchev–Trinajstić information content (AvgIpc) is 1.93. The van der Waals surface area contributed by atoms with Crippen molar-refractivity contribution in [3.8, 4) is 0 Å². The minimum atomic E-state index is -2.78. The molecular weight excluding hydrogens is 196 g/mol. The van der Waals surface area contributed by atoms with Gasteiger partial charge in [-0.2, -0.15) is 0 Å². The molecule has 12 heavy (non-hydrogen) atoms. The Kier molecular flexibility index (Phi) is 2.89. The number of thiocarbonyl (C=S) groups is 1. The second kappa shape index (κ2) is 3.57. The molecule has 0 aromatic rings. The highest BCUT2D eigenvalue weighted by molar-refractivity contribution is 7.91. The van der Waals surface area contributed by atoms with Gasteiger partial charge in [-0.15, -0.1) is 0 Å². The lowest BCUT2D eigenvalue weighted by atomic mass is 10.2. The lowest BCUT2D eigenvalue weighted by molar-refractivity contribution is 0.521. The number of sulfone groups is 1. The quantitative estimate of drug-likeness (QED) is 0.563. The zero-order valence-electron chi connectivity index (χ0n) is 6.62. The lowest BCUT2D eigenvalue weighted by Gasteiger charge is -2.22. The van der Waals surface area contributed by atoms with Gasteiger partial charge < -0.3 is 11.1 Å². The van der Waals surface area contributed by atoms with Gasteiger partial charge in [-0.05, 0) is 25.1 Å². The van der Waals surface area contributed by atoms with Gasteiger partial charge in [-0.3, -0.25) is 0 Å². The van der Waals surface area contributed by atoms with Crippen molar-refractivity contribution in [2.24, 2.45) is 5.73 Å². The summed E-state index contributed by atoms with van der Waals surface area (Å²) in [6.45, 7) is 0. The summed E-state index contributed by atoms with van der Waals surface area (Å²) in [6, 6.07) is 0.144. The smallest absolute Gasteiger partial charge is 0.163 e. The fraction of sp³-hybridized carbons (Fsp3) is 0.833. The maximum absolute atomic E-state index is 11.0. The Morgan fingerprint density at radius 2 is 1.92 bits per heavy atom. The molecule has 0 spiro atoms. The van der Waals surface area contributed by atoms with Crippen LogP contribution in [0.2, 0.25) is 0 Å². The average molecular weight is 208 g/mol. The van der Waals surface area contributed by atoms with Crippen LogP contribution >= 0.6 is 12.2 Å². The third-order valence-electron chi connectivity index (χ3n) is 1.90. The van der Waals surface area contributed by atoms with Crippen molar-refractivity contribution < 1.29 is 8.42 Å². The predicted octanol–water partition coefficient (Wildman–Crippen LogP) is -0.603. The molecule has 0 bridgehead atoms. The highest BCUT2D eigenvalue weighted by Gasteiger charge is 2.23. The van der Waals surface area contributed by atoms with E-state index in [9.17, 15) is 8.42 Å². The topological polar surface area (TPSA) is 72.2 Å². The van der Waals surface area contributed by atoms with E-state index in [1.165, 1.54) is 0 Å². The van der Waals surface area contributed by atoms with E-state index in [1.807, 2.05) is 0 Å². The molecule has 0 saturated carbocycles.